The van der Waals surface area contributed by atoms with Gasteiger partial charge in [0.05, 0.1) is 5.92 Å². The van der Waals surface area contributed by atoms with Crippen LogP contribution in [0, 0.1) is 0 Å². The maximum Gasteiger partial charge on any atom is 0.246 e. The zero-order chi connectivity index (χ0) is 11.4. The molecular formula is C10H15F2N3. The van der Waals surface area contributed by atoms with Crippen molar-refractivity contribution < 1.29 is 8.78 Å². The first-order valence-corrected chi connectivity index (χ1v) is 4.67. The summed E-state index contributed by atoms with van der Waals surface area (Å²) in [5, 5.41) is 0. The van der Waals surface area contributed by atoms with Gasteiger partial charge in [0, 0.05) is 26.8 Å². The molecular weight excluding hydrogens is 200 g/mol. The van der Waals surface area contributed by atoms with Gasteiger partial charge >= 0.3 is 0 Å². The van der Waals surface area contributed by atoms with Gasteiger partial charge in [-0.15, -0.1) is 0 Å². The molecule has 0 aromatic carbocycles. The molecule has 0 aliphatic heterocycles. The summed E-state index contributed by atoms with van der Waals surface area (Å²) in [6, 6.07) is 3.35. The number of nitrogens with zero attached hydrogens (tertiary/aromatic N) is 2. The molecule has 84 valence electrons. The Kier molecular flexibility index (Phi) is 3.96. The number of anilines is 1. The van der Waals surface area contributed by atoms with Crippen molar-refractivity contribution in [3.05, 3.63) is 23.9 Å². The largest absolute Gasteiger partial charge is 0.363 e. The summed E-state index contributed by atoms with van der Waals surface area (Å²) in [7, 11) is 3.69. The van der Waals surface area contributed by atoms with Gasteiger partial charge in [-0.3, -0.25) is 0 Å². The van der Waals surface area contributed by atoms with Crippen LogP contribution in [0.15, 0.2) is 18.3 Å². The SMILES string of the molecule is CN(C)c1ccc(C(CN)C(F)F)cn1. The normalized spacial score (nSPS) is 12.9. The molecule has 15 heavy (non-hydrogen) atoms. The summed E-state index contributed by atoms with van der Waals surface area (Å²) >= 11 is 0. The lowest BCUT2D eigenvalue weighted by atomic mass is 10.0. The van der Waals surface area contributed by atoms with Crippen molar-refractivity contribution >= 4 is 5.82 Å². The van der Waals surface area contributed by atoms with E-state index in [0.29, 0.717) is 5.56 Å². The Morgan fingerprint density at radius 1 is 1.40 bits per heavy atom. The second kappa shape index (κ2) is 5.02. The van der Waals surface area contributed by atoms with Crippen LogP contribution in [0.2, 0.25) is 0 Å². The van der Waals surface area contributed by atoms with Crippen LogP contribution in [0.3, 0.4) is 0 Å². The number of hydrogen-bond acceptors (Lipinski definition) is 3. The number of rotatable bonds is 4. The Morgan fingerprint density at radius 2 is 2.07 bits per heavy atom. The molecule has 1 atom stereocenters. The molecule has 3 nitrogen and oxygen atoms in total. The molecule has 2 N–H and O–H groups in total. The smallest absolute Gasteiger partial charge is 0.246 e. The number of pyridine rings is 1. The van der Waals surface area contributed by atoms with Crippen molar-refractivity contribution in [1.29, 1.82) is 0 Å². The standard InChI is InChI=1S/C10H15F2N3/c1-15(2)9-4-3-7(6-14-9)8(5-13)10(11)12/h3-4,6,8,10H,5,13H2,1-2H3. The summed E-state index contributed by atoms with van der Waals surface area (Å²) in [4.78, 5) is 5.88. The van der Waals surface area contributed by atoms with Crippen LogP contribution in [-0.2, 0) is 0 Å². The Morgan fingerprint density at radius 3 is 2.40 bits per heavy atom. The number of halogens is 2. The minimum Gasteiger partial charge on any atom is -0.363 e. The van der Waals surface area contributed by atoms with Gasteiger partial charge < -0.3 is 10.6 Å². The van der Waals surface area contributed by atoms with Crippen LogP contribution in [0.5, 0.6) is 0 Å². The molecule has 0 radical (unpaired) electrons. The molecule has 0 saturated heterocycles. The predicted octanol–water partition coefficient (Wildman–Crippen LogP) is 1.46. The molecule has 1 rings (SSSR count). The van der Waals surface area contributed by atoms with Gasteiger partial charge in [0.2, 0.25) is 6.43 Å². The zero-order valence-electron chi connectivity index (χ0n) is 8.82. The van der Waals surface area contributed by atoms with E-state index in [2.05, 4.69) is 4.98 Å². The minimum atomic E-state index is -2.44. The van der Waals surface area contributed by atoms with Gasteiger partial charge in [0.25, 0.3) is 0 Å². The number of nitrogens with two attached hydrogens (primary N) is 1. The molecule has 0 spiro atoms. The van der Waals surface area contributed by atoms with E-state index in [1.165, 1.54) is 6.20 Å². The summed E-state index contributed by atoms with van der Waals surface area (Å²) in [6.45, 7) is -0.0688. The van der Waals surface area contributed by atoms with Crippen molar-refractivity contribution in [2.75, 3.05) is 25.5 Å². The second-order valence-corrected chi connectivity index (χ2v) is 3.52. The zero-order valence-corrected chi connectivity index (χ0v) is 8.82. The van der Waals surface area contributed by atoms with Gasteiger partial charge in [-0.2, -0.15) is 0 Å². The maximum absolute atomic E-state index is 12.5. The average molecular weight is 215 g/mol. The van der Waals surface area contributed by atoms with Crippen molar-refractivity contribution in [2.45, 2.75) is 12.3 Å². The van der Waals surface area contributed by atoms with E-state index in [1.54, 1.807) is 12.1 Å². The Bertz CT molecular complexity index is 298. The van der Waals surface area contributed by atoms with Crippen molar-refractivity contribution in [2.24, 2.45) is 5.73 Å². The molecule has 0 fully saturated rings. The van der Waals surface area contributed by atoms with E-state index in [-0.39, 0.29) is 6.54 Å². The van der Waals surface area contributed by atoms with Crippen LogP contribution in [0.1, 0.15) is 11.5 Å². The Balaban J connectivity index is 2.87. The first-order chi connectivity index (χ1) is 7.06. The second-order valence-electron chi connectivity index (χ2n) is 3.52. The van der Waals surface area contributed by atoms with Gasteiger partial charge in [-0.05, 0) is 11.6 Å². The highest BCUT2D eigenvalue weighted by Crippen LogP contribution is 2.22. The summed E-state index contributed by atoms with van der Waals surface area (Å²) in [5.41, 5.74) is 5.77. The van der Waals surface area contributed by atoms with Crippen molar-refractivity contribution in [3.8, 4) is 0 Å². The third kappa shape index (κ3) is 2.86. The number of hydrogen-bond donors (Lipinski definition) is 1. The van der Waals surface area contributed by atoms with Crippen LogP contribution in [-0.4, -0.2) is 32.0 Å². The molecule has 5 heteroatoms. The van der Waals surface area contributed by atoms with E-state index in [1.807, 2.05) is 19.0 Å². The summed E-state index contributed by atoms with van der Waals surface area (Å²) < 4.78 is 25.1. The minimum absolute atomic E-state index is 0.0688. The molecule has 1 heterocycles. The molecule has 0 amide bonds. The predicted molar refractivity (Wildman–Crippen MR) is 56.4 cm³/mol. The molecule has 1 aromatic rings. The molecule has 1 unspecified atom stereocenters. The van der Waals surface area contributed by atoms with E-state index in [4.69, 9.17) is 5.73 Å². The van der Waals surface area contributed by atoms with Crippen LogP contribution in [0.4, 0.5) is 14.6 Å². The third-order valence-electron chi connectivity index (χ3n) is 2.22. The Labute approximate surface area is 87.9 Å². The molecule has 0 aliphatic carbocycles. The summed E-state index contributed by atoms with van der Waals surface area (Å²) in [6.07, 6.45) is -0.985. The molecule has 0 bridgehead atoms. The van der Waals surface area contributed by atoms with Crippen molar-refractivity contribution in [1.82, 2.24) is 4.98 Å². The third-order valence-corrected chi connectivity index (χ3v) is 2.22. The highest BCUT2D eigenvalue weighted by molar-refractivity contribution is 5.38. The van der Waals surface area contributed by atoms with Gasteiger partial charge in [0.15, 0.2) is 0 Å². The van der Waals surface area contributed by atoms with Crippen LogP contribution >= 0.6 is 0 Å². The monoisotopic (exact) mass is 215 g/mol. The lowest BCUT2D eigenvalue weighted by Gasteiger charge is -2.15. The fourth-order valence-electron chi connectivity index (χ4n) is 1.27. The maximum atomic E-state index is 12.5. The topological polar surface area (TPSA) is 42.1 Å². The molecule has 0 aliphatic rings. The molecule has 1 aromatic heterocycles. The first-order valence-electron chi connectivity index (χ1n) is 4.67. The Hall–Kier alpha value is -1.23. The van der Waals surface area contributed by atoms with Gasteiger partial charge in [-0.1, -0.05) is 6.07 Å². The number of alkyl halides is 2. The van der Waals surface area contributed by atoms with Gasteiger partial charge in [-0.25, -0.2) is 13.8 Å². The molecule has 0 saturated carbocycles. The highest BCUT2D eigenvalue weighted by atomic mass is 19.3. The lowest BCUT2D eigenvalue weighted by Crippen LogP contribution is -2.20. The average Bonchev–Trinajstić information content (AvgIpc) is 2.19. The van der Waals surface area contributed by atoms with E-state index in [9.17, 15) is 8.78 Å². The van der Waals surface area contributed by atoms with Crippen molar-refractivity contribution in [3.63, 3.8) is 0 Å². The van der Waals surface area contributed by atoms with E-state index < -0.39 is 12.3 Å². The van der Waals surface area contributed by atoms with Crippen LogP contribution in [0.25, 0.3) is 0 Å². The lowest BCUT2D eigenvalue weighted by molar-refractivity contribution is 0.117. The van der Waals surface area contributed by atoms with Gasteiger partial charge in [0.1, 0.15) is 5.82 Å². The summed E-state index contributed by atoms with van der Waals surface area (Å²) in [5.74, 6) is -0.183. The number of aromatic nitrogens is 1. The highest BCUT2D eigenvalue weighted by Gasteiger charge is 2.20. The quantitative estimate of drug-likeness (QED) is 0.826. The first kappa shape index (κ1) is 11.8. The van der Waals surface area contributed by atoms with E-state index in [0.717, 1.165) is 5.82 Å². The fourth-order valence-corrected chi connectivity index (χ4v) is 1.27. The fraction of sp³-hybridized carbons (Fsp3) is 0.500. The van der Waals surface area contributed by atoms with E-state index >= 15 is 0 Å². The van der Waals surface area contributed by atoms with Crippen LogP contribution < -0.4 is 10.6 Å².